The van der Waals surface area contributed by atoms with Crippen molar-refractivity contribution >= 4 is 0 Å². The molecule has 0 bridgehead atoms. The second-order valence-corrected chi connectivity index (χ2v) is 12.2. The first-order chi connectivity index (χ1) is 14.4. The van der Waals surface area contributed by atoms with Crippen LogP contribution in [-0.4, -0.2) is 9.78 Å². The minimum Gasteiger partial charge on any atom is -0.271 e. The number of nitrogens with zero attached hydrogens (tertiary/aromatic N) is 3. The molecule has 0 aliphatic heterocycles. The Labute approximate surface area is 183 Å². The van der Waals surface area contributed by atoms with Crippen LogP contribution in [0, 0.1) is 70.0 Å². The first-order valence-electron chi connectivity index (χ1n) is 12.8. The summed E-state index contributed by atoms with van der Waals surface area (Å²) in [6, 6.07) is 2.22. The molecule has 1 aromatic heterocycles. The van der Waals surface area contributed by atoms with Gasteiger partial charge < -0.3 is 0 Å². The van der Waals surface area contributed by atoms with E-state index in [4.69, 9.17) is 5.26 Å². The molecule has 0 radical (unpaired) electrons. The average Bonchev–Trinajstić information content (AvgIpc) is 3.29. The van der Waals surface area contributed by atoms with Gasteiger partial charge in [0, 0.05) is 12.7 Å². The van der Waals surface area contributed by atoms with E-state index in [0.29, 0.717) is 16.9 Å². The number of nitriles is 1. The molecule has 10 atom stereocenters. The summed E-state index contributed by atoms with van der Waals surface area (Å²) >= 11 is 0. The first kappa shape index (κ1) is 20.6. The minimum absolute atomic E-state index is 0.500. The first-order valence-corrected chi connectivity index (χ1v) is 12.8. The van der Waals surface area contributed by atoms with Crippen LogP contribution in [0.25, 0.3) is 0 Å². The monoisotopic (exact) mass is 407 g/mol. The van der Waals surface area contributed by atoms with Gasteiger partial charge in [0.1, 0.15) is 6.07 Å². The normalized spacial score (nSPS) is 46.4. The molecule has 4 aliphatic carbocycles. The molecule has 1 heterocycles. The highest BCUT2D eigenvalue weighted by molar-refractivity contribution is 5.21. The van der Waals surface area contributed by atoms with Crippen molar-refractivity contribution in [3.05, 3.63) is 18.0 Å². The van der Waals surface area contributed by atoms with Crippen molar-refractivity contribution in [2.75, 3.05) is 0 Å². The van der Waals surface area contributed by atoms with Crippen molar-refractivity contribution in [1.29, 1.82) is 5.26 Å². The summed E-state index contributed by atoms with van der Waals surface area (Å²) in [6.07, 6.45) is 15.5. The molecule has 164 valence electrons. The predicted molar refractivity (Wildman–Crippen MR) is 120 cm³/mol. The maximum absolute atomic E-state index is 9.13. The van der Waals surface area contributed by atoms with Gasteiger partial charge in [-0.1, -0.05) is 34.1 Å². The third-order valence-corrected chi connectivity index (χ3v) is 10.5. The Morgan fingerprint density at radius 1 is 1.13 bits per heavy atom. The summed E-state index contributed by atoms with van der Waals surface area (Å²) in [4.78, 5) is 0. The van der Waals surface area contributed by atoms with E-state index in [2.05, 4.69) is 38.9 Å². The molecule has 4 aliphatic rings. The zero-order valence-electron chi connectivity index (χ0n) is 19.6. The molecular weight excluding hydrogens is 366 g/mol. The van der Waals surface area contributed by atoms with Crippen LogP contribution in [0.15, 0.2) is 12.4 Å². The Balaban J connectivity index is 1.34. The Kier molecular flexibility index (Phi) is 5.27. The third-order valence-electron chi connectivity index (χ3n) is 10.5. The fraction of sp³-hybridized carbons (Fsp3) is 0.852. The van der Waals surface area contributed by atoms with Crippen molar-refractivity contribution < 1.29 is 0 Å². The number of aromatic nitrogens is 2. The summed E-state index contributed by atoms with van der Waals surface area (Å²) in [6.45, 7) is 11.1. The summed E-state index contributed by atoms with van der Waals surface area (Å²) in [7, 11) is 0. The van der Waals surface area contributed by atoms with Gasteiger partial charge in [0.2, 0.25) is 0 Å². The third kappa shape index (κ3) is 3.25. The molecule has 30 heavy (non-hydrogen) atoms. The fourth-order valence-corrected chi connectivity index (χ4v) is 9.51. The van der Waals surface area contributed by atoms with E-state index < -0.39 is 0 Å². The topological polar surface area (TPSA) is 41.6 Å². The molecule has 3 heteroatoms. The van der Waals surface area contributed by atoms with Gasteiger partial charge in [0.15, 0.2) is 0 Å². The molecule has 5 rings (SSSR count). The van der Waals surface area contributed by atoms with Crippen LogP contribution in [0.4, 0.5) is 0 Å². The van der Waals surface area contributed by atoms with Crippen LogP contribution in [0.3, 0.4) is 0 Å². The van der Waals surface area contributed by atoms with Crippen molar-refractivity contribution in [3.8, 4) is 6.07 Å². The maximum Gasteiger partial charge on any atom is 0.102 e. The van der Waals surface area contributed by atoms with Gasteiger partial charge in [-0.25, -0.2) is 0 Å². The van der Waals surface area contributed by atoms with E-state index in [1.807, 2.05) is 10.9 Å². The molecule has 0 amide bonds. The van der Waals surface area contributed by atoms with Crippen LogP contribution < -0.4 is 0 Å². The lowest BCUT2D eigenvalue weighted by Crippen LogP contribution is -2.50. The summed E-state index contributed by atoms with van der Waals surface area (Å²) in [5.74, 6) is 8.26. The van der Waals surface area contributed by atoms with Gasteiger partial charge in [-0.05, 0) is 104 Å². The lowest BCUT2D eigenvalue weighted by Gasteiger charge is -2.57. The lowest BCUT2D eigenvalue weighted by molar-refractivity contribution is -0.0818. The molecule has 3 nitrogen and oxygen atoms in total. The number of fused-ring (bicyclic) bond motifs is 5. The standard InChI is InChI=1S/C27H41N3/c1-17-5-7-22-21(11-17)6-8-24-23(22)9-10-27(4)25(12-18(2)26(24)27)19(3)15-30-16-20(13-28)14-29-30/h14,16-19,21-26H,5-12,15H2,1-4H3/t17-,18+,19-,21+,22-,23?,24+,25?,26?,27+/m0/s1. The minimum atomic E-state index is 0.500. The van der Waals surface area contributed by atoms with Crippen molar-refractivity contribution in [1.82, 2.24) is 9.78 Å². The van der Waals surface area contributed by atoms with Gasteiger partial charge in [-0.15, -0.1) is 0 Å². The van der Waals surface area contributed by atoms with Crippen molar-refractivity contribution in [2.45, 2.75) is 85.6 Å². The summed E-state index contributed by atoms with van der Waals surface area (Å²) in [5, 5.41) is 13.6. The molecule has 1 aromatic rings. The molecule has 4 saturated carbocycles. The molecule has 4 fully saturated rings. The zero-order chi connectivity index (χ0) is 21.0. The van der Waals surface area contributed by atoms with E-state index in [1.54, 1.807) is 6.20 Å². The van der Waals surface area contributed by atoms with Crippen LogP contribution >= 0.6 is 0 Å². The van der Waals surface area contributed by atoms with Crippen molar-refractivity contribution in [2.24, 2.45) is 58.7 Å². The van der Waals surface area contributed by atoms with E-state index in [9.17, 15) is 0 Å². The Morgan fingerprint density at radius 3 is 2.70 bits per heavy atom. The Morgan fingerprint density at radius 2 is 1.93 bits per heavy atom. The van der Waals surface area contributed by atoms with Gasteiger partial charge in [0.25, 0.3) is 0 Å². The maximum atomic E-state index is 9.13. The lowest BCUT2D eigenvalue weighted by atomic mass is 9.48. The molecular formula is C27H41N3. The quantitative estimate of drug-likeness (QED) is 0.570. The SMILES string of the molecule is C[C@H]1CC[C@@H]2C3CC[C@@]4(C)C([C@@H]3CC[C@@H]2C1)[C@H](C)CC4[C@@H](C)Cn1cc(C#N)cn1. The number of hydrogen-bond donors (Lipinski definition) is 0. The summed E-state index contributed by atoms with van der Waals surface area (Å²) < 4.78 is 2.02. The molecule has 3 unspecified atom stereocenters. The van der Waals surface area contributed by atoms with Crippen LogP contribution in [0.1, 0.15) is 84.6 Å². The van der Waals surface area contributed by atoms with E-state index in [-0.39, 0.29) is 0 Å². The highest BCUT2D eigenvalue weighted by Crippen LogP contribution is 2.67. The van der Waals surface area contributed by atoms with E-state index in [1.165, 1.54) is 51.4 Å². The van der Waals surface area contributed by atoms with Gasteiger partial charge in [-0.3, -0.25) is 4.68 Å². The smallest absolute Gasteiger partial charge is 0.102 e. The van der Waals surface area contributed by atoms with Gasteiger partial charge in [0.05, 0.1) is 11.8 Å². The van der Waals surface area contributed by atoms with Crippen LogP contribution in [0.5, 0.6) is 0 Å². The largest absolute Gasteiger partial charge is 0.271 e. The second kappa shape index (κ2) is 7.68. The Hall–Kier alpha value is -1.30. The molecule has 0 aromatic carbocycles. The molecule has 0 saturated heterocycles. The fourth-order valence-electron chi connectivity index (χ4n) is 9.51. The van der Waals surface area contributed by atoms with Crippen LogP contribution in [-0.2, 0) is 6.54 Å². The van der Waals surface area contributed by atoms with E-state index >= 15 is 0 Å². The zero-order valence-corrected chi connectivity index (χ0v) is 19.6. The van der Waals surface area contributed by atoms with Crippen molar-refractivity contribution in [3.63, 3.8) is 0 Å². The Bertz CT molecular complexity index is 805. The number of rotatable bonds is 3. The number of hydrogen-bond acceptors (Lipinski definition) is 2. The molecule has 0 N–H and O–H groups in total. The van der Waals surface area contributed by atoms with Gasteiger partial charge in [-0.2, -0.15) is 10.4 Å². The van der Waals surface area contributed by atoms with Gasteiger partial charge >= 0.3 is 0 Å². The highest BCUT2D eigenvalue weighted by atomic mass is 15.3. The van der Waals surface area contributed by atoms with E-state index in [0.717, 1.165) is 53.9 Å². The second-order valence-electron chi connectivity index (χ2n) is 12.2. The average molecular weight is 408 g/mol. The molecule has 0 spiro atoms. The van der Waals surface area contributed by atoms with Crippen LogP contribution in [0.2, 0.25) is 0 Å². The summed E-state index contributed by atoms with van der Waals surface area (Å²) in [5.41, 5.74) is 1.19. The predicted octanol–water partition coefficient (Wildman–Crippen LogP) is 6.54. The highest BCUT2D eigenvalue weighted by Gasteiger charge is 2.59.